The number of likely N-dealkylation sites (tertiary alicyclic amines) is 2. The first-order valence-corrected chi connectivity index (χ1v) is 8.90. The number of carbonyl (C=O) groups is 2. The largest absolute Gasteiger partial charge is 0.490 e. The van der Waals surface area contributed by atoms with Gasteiger partial charge in [-0.15, -0.1) is 0 Å². The highest BCUT2D eigenvalue weighted by molar-refractivity contribution is 5.85. The van der Waals surface area contributed by atoms with E-state index in [0.29, 0.717) is 5.91 Å². The van der Waals surface area contributed by atoms with Crippen molar-refractivity contribution in [2.75, 3.05) is 26.2 Å². The van der Waals surface area contributed by atoms with E-state index >= 15 is 0 Å². The molecule has 3 heterocycles. The molecule has 0 aliphatic carbocycles. The number of carboxylic acids is 1. The first kappa shape index (κ1) is 21.1. The summed E-state index contributed by atoms with van der Waals surface area (Å²) in [5.41, 5.74) is 1.08. The molecule has 0 atom stereocenters. The summed E-state index contributed by atoms with van der Waals surface area (Å²) in [6.07, 6.45) is -0.165. The Labute approximate surface area is 156 Å². The Morgan fingerprint density at radius 3 is 2.26 bits per heavy atom. The number of pyridine rings is 1. The van der Waals surface area contributed by atoms with E-state index < -0.39 is 12.1 Å². The monoisotopic (exact) mass is 387 g/mol. The summed E-state index contributed by atoms with van der Waals surface area (Å²) in [6, 6.07) is 6.06. The number of aromatic nitrogens is 1. The van der Waals surface area contributed by atoms with Gasteiger partial charge < -0.3 is 10.0 Å². The fourth-order valence-electron chi connectivity index (χ4n) is 3.52. The molecule has 2 saturated heterocycles. The number of carboxylic acid groups (broad SMARTS) is 1. The SMILES string of the molecule is CCN1CCC2(CCN(Cc3ccccn3)CC2)C1=O.O=C(O)C(F)(F)F. The molecule has 0 radical (unpaired) electrons. The summed E-state index contributed by atoms with van der Waals surface area (Å²) in [6.45, 7) is 6.82. The van der Waals surface area contributed by atoms with Gasteiger partial charge in [-0.25, -0.2) is 4.79 Å². The molecule has 0 bridgehead atoms. The van der Waals surface area contributed by atoms with Gasteiger partial charge in [-0.05, 0) is 51.4 Å². The molecule has 27 heavy (non-hydrogen) atoms. The van der Waals surface area contributed by atoms with Crippen LogP contribution in [0.5, 0.6) is 0 Å². The van der Waals surface area contributed by atoms with Gasteiger partial charge in [-0.3, -0.25) is 14.7 Å². The lowest BCUT2D eigenvalue weighted by atomic mass is 9.77. The minimum atomic E-state index is -5.08. The van der Waals surface area contributed by atoms with Crippen LogP contribution in [0.4, 0.5) is 13.2 Å². The number of piperidine rings is 1. The third-order valence-corrected chi connectivity index (χ3v) is 5.15. The second-order valence-electron chi connectivity index (χ2n) is 6.82. The number of alkyl halides is 3. The Morgan fingerprint density at radius 2 is 1.81 bits per heavy atom. The van der Waals surface area contributed by atoms with E-state index in [9.17, 15) is 18.0 Å². The summed E-state index contributed by atoms with van der Waals surface area (Å²) >= 11 is 0. The lowest BCUT2D eigenvalue weighted by molar-refractivity contribution is -0.192. The Balaban J connectivity index is 0.000000321. The van der Waals surface area contributed by atoms with Gasteiger partial charge in [0.15, 0.2) is 0 Å². The normalized spacial score (nSPS) is 19.7. The molecule has 2 fully saturated rings. The van der Waals surface area contributed by atoms with Crippen LogP contribution in [0.25, 0.3) is 0 Å². The second kappa shape index (κ2) is 8.69. The van der Waals surface area contributed by atoms with Gasteiger partial charge in [-0.1, -0.05) is 6.07 Å². The third kappa shape index (κ3) is 5.41. The van der Waals surface area contributed by atoms with Gasteiger partial charge in [0.2, 0.25) is 5.91 Å². The molecule has 1 amide bonds. The molecular formula is C18H24F3N3O3. The van der Waals surface area contributed by atoms with E-state index in [2.05, 4.69) is 22.9 Å². The molecule has 6 nitrogen and oxygen atoms in total. The highest BCUT2D eigenvalue weighted by Crippen LogP contribution is 2.41. The first-order valence-electron chi connectivity index (χ1n) is 8.90. The smallest absolute Gasteiger partial charge is 0.475 e. The maximum atomic E-state index is 12.5. The number of halogens is 3. The fourth-order valence-corrected chi connectivity index (χ4v) is 3.52. The van der Waals surface area contributed by atoms with Crippen molar-refractivity contribution in [1.82, 2.24) is 14.8 Å². The average molecular weight is 387 g/mol. The van der Waals surface area contributed by atoms with E-state index in [1.165, 1.54) is 0 Å². The van der Waals surface area contributed by atoms with E-state index in [-0.39, 0.29) is 5.41 Å². The Morgan fingerprint density at radius 1 is 1.22 bits per heavy atom. The van der Waals surface area contributed by atoms with Crippen molar-refractivity contribution in [3.8, 4) is 0 Å². The summed E-state index contributed by atoms with van der Waals surface area (Å²) in [5.74, 6) is -2.36. The molecule has 2 aliphatic rings. The summed E-state index contributed by atoms with van der Waals surface area (Å²) in [4.78, 5) is 30.2. The van der Waals surface area contributed by atoms with E-state index in [0.717, 1.165) is 57.7 Å². The van der Waals surface area contributed by atoms with Gasteiger partial charge in [0.25, 0.3) is 0 Å². The number of nitrogens with zero attached hydrogens (tertiary/aromatic N) is 3. The highest BCUT2D eigenvalue weighted by atomic mass is 19.4. The van der Waals surface area contributed by atoms with Crippen molar-refractivity contribution in [1.29, 1.82) is 0 Å². The van der Waals surface area contributed by atoms with Crippen LogP contribution in [-0.4, -0.2) is 64.1 Å². The molecule has 1 N–H and O–H groups in total. The number of carbonyl (C=O) groups excluding carboxylic acids is 1. The van der Waals surface area contributed by atoms with E-state index in [4.69, 9.17) is 9.90 Å². The Hall–Kier alpha value is -2.16. The molecular weight excluding hydrogens is 363 g/mol. The van der Waals surface area contributed by atoms with Crippen molar-refractivity contribution in [3.63, 3.8) is 0 Å². The zero-order valence-corrected chi connectivity index (χ0v) is 15.2. The molecule has 2 aliphatic heterocycles. The fraction of sp³-hybridized carbons (Fsp3) is 0.611. The van der Waals surface area contributed by atoms with Gasteiger partial charge in [0, 0.05) is 25.8 Å². The summed E-state index contributed by atoms with van der Waals surface area (Å²) in [7, 11) is 0. The van der Waals surface area contributed by atoms with Crippen LogP contribution >= 0.6 is 0 Å². The average Bonchev–Trinajstić information content (AvgIpc) is 2.93. The van der Waals surface area contributed by atoms with Gasteiger partial charge in [-0.2, -0.15) is 13.2 Å². The lowest BCUT2D eigenvalue weighted by Gasteiger charge is -2.37. The molecule has 1 aromatic heterocycles. The molecule has 0 unspecified atom stereocenters. The Kier molecular flexibility index (Phi) is 6.80. The first-order chi connectivity index (χ1) is 12.7. The van der Waals surface area contributed by atoms with Crippen LogP contribution in [0.2, 0.25) is 0 Å². The van der Waals surface area contributed by atoms with Crippen molar-refractivity contribution in [2.45, 2.75) is 38.9 Å². The second-order valence-corrected chi connectivity index (χ2v) is 6.82. The molecule has 1 aromatic rings. The molecule has 150 valence electrons. The van der Waals surface area contributed by atoms with E-state index in [1.807, 2.05) is 23.2 Å². The molecule has 3 rings (SSSR count). The maximum Gasteiger partial charge on any atom is 0.490 e. The highest BCUT2D eigenvalue weighted by Gasteiger charge is 2.47. The predicted octanol–water partition coefficient (Wildman–Crippen LogP) is 2.55. The summed E-state index contributed by atoms with van der Waals surface area (Å²) < 4.78 is 31.7. The molecule has 0 saturated carbocycles. The number of rotatable bonds is 3. The number of aliphatic carboxylic acids is 1. The van der Waals surface area contributed by atoms with Crippen molar-refractivity contribution < 1.29 is 27.9 Å². The minimum Gasteiger partial charge on any atom is -0.475 e. The summed E-state index contributed by atoms with van der Waals surface area (Å²) in [5, 5.41) is 7.12. The van der Waals surface area contributed by atoms with Crippen molar-refractivity contribution in [3.05, 3.63) is 30.1 Å². The minimum absolute atomic E-state index is 0.0450. The van der Waals surface area contributed by atoms with Gasteiger partial charge in [0.05, 0.1) is 11.1 Å². The van der Waals surface area contributed by atoms with Gasteiger partial charge >= 0.3 is 12.1 Å². The van der Waals surface area contributed by atoms with Gasteiger partial charge in [0.1, 0.15) is 0 Å². The van der Waals surface area contributed by atoms with Crippen LogP contribution in [-0.2, 0) is 16.1 Å². The van der Waals surface area contributed by atoms with Crippen LogP contribution in [0, 0.1) is 5.41 Å². The van der Waals surface area contributed by atoms with E-state index in [1.54, 1.807) is 0 Å². The quantitative estimate of drug-likeness (QED) is 0.863. The van der Waals surface area contributed by atoms with Crippen LogP contribution < -0.4 is 0 Å². The van der Waals surface area contributed by atoms with Crippen LogP contribution in [0.1, 0.15) is 31.9 Å². The Bertz CT molecular complexity index is 644. The maximum absolute atomic E-state index is 12.5. The van der Waals surface area contributed by atoms with Crippen LogP contribution in [0.15, 0.2) is 24.4 Å². The third-order valence-electron chi connectivity index (χ3n) is 5.15. The number of hydrogen-bond acceptors (Lipinski definition) is 4. The van der Waals surface area contributed by atoms with Crippen molar-refractivity contribution in [2.24, 2.45) is 5.41 Å². The zero-order chi connectivity index (χ0) is 20.1. The predicted molar refractivity (Wildman–Crippen MR) is 91.7 cm³/mol. The molecule has 1 spiro atoms. The lowest BCUT2D eigenvalue weighted by Crippen LogP contribution is -2.44. The molecule has 0 aromatic carbocycles. The topological polar surface area (TPSA) is 73.7 Å². The standard InChI is InChI=1S/C16H23N3O.C2HF3O2/c1-2-19-12-8-16(15(19)20)6-10-18(11-7-16)13-14-5-3-4-9-17-14;3-2(4,5)1(6)7/h3-5,9H,2,6-8,10-13H2,1H3;(H,6,7). The van der Waals surface area contributed by atoms with Crippen LogP contribution in [0.3, 0.4) is 0 Å². The number of hydrogen-bond donors (Lipinski definition) is 1. The van der Waals surface area contributed by atoms with Crippen molar-refractivity contribution >= 4 is 11.9 Å². The molecule has 9 heteroatoms. The zero-order valence-electron chi connectivity index (χ0n) is 15.2. The number of amides is 1.